The molecule has 1 aliphatic carbocycles. The summed E-state index contributed by atoms with van der Waals surface area (Å²) < 4.78 is 9.10. The maximum absolute atomic E-state index is 12.3. The van der Waals surface area contributed by atoms with Crippen LogP contribution in [0.5, 0.6) is 0 Å². The smallest absolute Gasteiger partial charge is 0.409 e. The number of amides is 1. The van der Waals surface area contributed by atoms with Gasteiger partial charge < -0.3 is 19.3 Å². The Kier molecular flexibility index (Phi) is 6.44. The van der Waals surface area contributed by atoms with Gasteiger partial charge in [0.25, 0.3) is 0 Å². The van der Waals surface area contributed by atoms with Gasteiger partial charge in [0.15, 0.2) is 0 Å². The predicted octanol–water partition coefficient (Wildman–Crippen LogP) is 5.02. The molecule has 1 fully saturated rings. The van der Waals surface area contributed by atoms with Crippen molar-refractivity contribution in [1.29, 1.82) is 0 Å². The number of methoxy groups -OCH3 is 1. The van der Waals surface area contributed by atoms with E-state index in [0.717, 1.165) is 41.7 Å². The van der Waals surface area contributed by atoms with Gasteiger partial charge in [-0.05, 0) is 57.6 Å². The van der Waals surface area contributed by atoms with Gasteiger partial charge in [-0.2, -0.15) is 5.10 Å². The lowest BCUT2D eigenvalue weighted by atomic mass is 9.71. The van der Waals surface area contributed by atoms with E-state index < -0.39 is 11.4 Å². The number of ether oxygens (including phenoxy) is 1. The monoisotopic (exact) mass is 513 g/mol. The van der Waals surface area contributed by atoms with Crippen LogP contribution in [0.2, 0.25) is 5.02 Å². The normalized spacial score (nSPS) is 22.9. The van der Waals surface area contributed by atoms with Crippen molar-refractivity contribution in [2.75, 3.05) is 13.7 Å². The van der Waals surface area contributed by atoms with Crippen LogP contribution in [0, 0.1) is 5.41 Å². The minimum absolute atomic E-state index is 0.0344. The molecule has 5 rings (SSSR count). The van der Waals surface area contributed by atoms with Crippen LogP contribution >= 0.6 is 11.6 Å². The number of rotatable bonds is 5. The third-order valence-electron chi connectivity index (χ3n) is 7.99. The van der Waals surface area contributed by atoms with Crippen LogP contribution in [0.15, 0.2) is 24.5 Å². The van der Waals surface area contributed by atoms with Crippen LogP contribution < -0.4 is 0 Å². The minimum Gasteiger partial charge on any atom is -0.481 e. The highest BCUT2D eigenvalue weighted by Gasteiger charge is 2.39. The number of halogens is 1. The van der Waals surface area contributed by atoms with Gasteiger partial charge >= 0.3 is 12.1 Å². The summed E-state index contributed by atoms with van der Waals surface area (Å²) in [6, 6.07) is 4.32. The molecular formula is C26H32ClN5O4. The molecule has 9 nitrogen and oxygen atoms in total. The number of aliphatic carboxylic acids is 1. The Morgan fingerprint density at radius 2 is 2.06 bits per heavy atom. The van der Waals surface area contributed by atoms with Gasteiger partial charge in [-0.25, -0.2) is 9.78 Å². The lowest BCUT2D eigenvalue weighted by Gasteiger charge is -2.34. The molecule has 10 heteroatoms. The Hall–Kier alpha value is -3.07. The number of hydrogen-bond donors (Lipinski definition) is 1. The predicted molar refractivity (Wildman–Crippen MR) is 135 cm³/mol. The molecule has 0 unspecified atom stereocenters. The molecule has 0 radical (unpaired) electrons. The zero-order chi connectivity index (χ0) is 25.6. The molecule has 1 saturated carbocycles. The molecule has 0 saturated heterocycles. The van der Waals surface area contributed by atoms with Gasteiger partial charge in [-0.1, -0.05) is 17.7 Å². The van der Waals surface area contributed by atoms with Gasteiger partial charge in [-0.3, -0.25) is 9.48 Å². The summed E-state index contributed by atoms with van der Waals surface area (Å²) in [5, 5.41) is 14.7. The molecule has 36 heavy (non-hydrogen) atoms. The molecule has 1 aliphatic heterocycles. The van der Waals surface area contributed by atoms with E-state index in [4.69, 9.17) is 21.3 Å². The Morgan fingerprint density at radius 3 is 2.69 bits per heavy atom. The minimum atomic E-state index is -0.727. The second kappa shape index (κ2) is 9.42. The van der Waals surface area contributed by atoms with Gasteiger partial charge in [0.05, 0.1) is 53.9 Å². The molecule has 192 valence electrons. The van der Waals surface area contributed by atoms with E-state index in [1.54, 1.807) is 11.1 Å². The molecule has 1 amide bonds. The highest BCUT2D eigenvalue weighted by atomic mass is 35.5. The first kappa shape index (κ1) is 24.6. The summed E-state index contributed by atoms with van der Waals surface area (Å²) in [6.07, 6.45) is 6.64. The first-order chi connectivity index (χ1) is 17.2. The molecule has 2 aromatic heterocycles. The van der Waals surface area contributed by atoms with Crippen LogP contribution in [0.1, 0.15) is 68.4 Å². The maximum atomic E-state index is 12.3. The first-order valence-electron chi connectivity index (χ1n) is 12.5. The summed E-state index contributed by atoms with van der Waals surface area (Å²) in [6.45, 7) is 5.68. The van der Waals surface area contributed by atoms with Crippen molar-refractivity contribution in [2.45, 2.75) is 71.0 Å². The zero-order valence-corrected chi connectivity index (χ0v) is 21.7. The number of aromatic nitrogens is 4. The molecular weight excluding hydrogens is 482 g/mol. The molecule has 0 spiro atoms. The molecule has 0 bridgehead atoms. The maximum Gasteiger partial charge on any atom is 0.409 e. The van der Waals surface area contributed by atoms with Crippen LogP contribution in [0.3, 0.4) is 0 Å². The second-order valence-corrected chi connectivity index (χ2v) is 10.9. The number of fused-ring (bicyclic) bond motifs is 3. The molecule has 1 atom stereocenters. The van der Waals surface area contributed by atoms with Crippen LogP contribution in [-0.4, -0.2) is 55.1 Å². The fraction of sp³-hybridized carbons (Fsp3) is 0.538. The number of imidazole rings is 1. The Labute approximate surface area is 215 Å². The Balaban J connectivity index is 1.57. The van der Waals surface area contributed by atoms with Crippen molar-refractivity contribution in [3.63, 3.8) is 0 Å². The lowest BCUT2D eigenvalue weighted by Crippen LogP contribution is -2.35. The highest BCUT2D eigenvalue weighted by Crippen LogP contribution is 2.44. The number of carbonyl (C=O) groups is 2. The van der Waals surface area contributed by atoms with Gasteiger partial charge in [0.2, 0.25) is 0 Å². The van der Waals surface area contributed by atoms with Gasteiger partial charge in [0.1, 0.15) is 5.82 Å². The van der Waals surface area contributed by atoms with Crippen LogP contribution in [0.4, 0.5) is 4.79 Å². The number of carboxylic acids is 1. The van der Waals surface area contributed by atoms with Gasteiger partial charge in [0, 0.05) is 24.2 Å². The van der Waals surface area contributed by atoms with E-state index >= 15 is 0 Å². The standard InChI is InChI=1S/C26H32ClN5O4/c1-16(13-31-14-19(27)12-28-31)32-21-5-4-17-8-11-30(25(35)36-3)15-20(17)22(21)29-23(32)18-6-9-26(2,10-7-18)24(33)34/h4-5,12,14,16,18H,6-11,13,15H2,1-3H3,(H,33,34)/t16-,18-,26-/m1/s1. The van der Waals surface area contributed by atoms with Crippen molar-refractivity contribution in [2.24, 2.45) is 5.41 Å². The average Bonchev–Trinajstić information content (AvgIpc) is 3.46. The summed E-state index contributed by atoms with van der Waals surface area (Å²) in [5.41, 5.74) is 3.50. The van der Waals surface area contributed by atoms with Crippen LogP contribution in [-0.2, 0) is 29.0 Å². The third-order valence-corrected chi connectivity index (χ3v) is 8.18. The molecule has 1 aromatic carbocycles. The van der Waals surface area contributed by atoms with E-state index in [2.05, 4.69) is 28.7 Å². The van der Waals surface area contributed by atoms with E-state index in [-0.39, 0.29) is 18.1 Å². The van der Waals surface area contributed by atoms with Crippen molar-refractivity contribution in [1.82, 2.24) is 24.2 Å². The second-order valence-electron chi connectivity index (χ2n) is 10.4. The Morgan fingerprint density at radius 1 is 1.31 bits per heavy atom. The number of carbonyl (C=O) groups excluding carboxylic acids is 1. The number of hydrogen-bond acceptors (Lipinski definition) is 5. The quantitative estimate of drug-likeness (QED) is 0.514. The summed E-state index contributed by atoms with van der Waals surface area (Å²) in [5.74, 6) is 0.409. The van der Waals surface area contributed by atoms with Crippen molar-refractivity contribution in [3.05, 3.63) is 46.5 Å². The SMILES string of the molecule is COC(=O)N1CCc2ccc3c(nc([C@H]4CC[C@](C)(C(=O)O)CC4)n3[C@H](C)Cn3cc(Cl)cn3)c2C1. The highest BCUT2D eigenvalue weighted by molar-refractivity contribution is 6.30. The average molecular weight is 514 g/mol. The van der Waals surface area contributed by atoms with Gasteiger partial charge in [-0.15, -0.1) is 0 Å². The van der Waals surface area contributed by atoms with E-state index in [0.29, 0.717) is 37.5 Å². The molecule has 3 heterocycles. The van der Waals surface area contributed by atoms with Crippen molar-refractivity contribution >= 4 is 34.7 Å². The van der Waals surface area contributed by atoms with E-state index in [9.17, 15) is 14.7 Å². The van der Waals surface area contributed by atoms with Crippen molar-refractivity contribution in [3.8, 4) is 0 Å². The number of benzene rings is 1. The molecule has 2 aliphatic rings. The summed E-state index contributed by atoms with van der Waals surface area (Å²) >= 11 is 6.11. The first-order valence-corrected chi connectivity index (χ1v) is 12.8. The number of nitrogens with zero attached hydrogens (tertiary/aromatic N) is 5. The summed E-state index contributed by atoms with van der Waals surface area (Å²) in [7, 11) is 1.41. The number of carboxylic acid groups (broad SMARTS) is 1. The van der Waals surface area contributed by atoms with E-state index in [1.807, 2.05) is 17.8 Å². The third kappa shape index (κ3) is 4.34. The van der Waals surface area contributed by atoms with E-state index in [1.165, 1.54) is 12.7 Å². The van der Waals surface area contributed by atoms with Crippen LogP contribution in [0.25, 0.3) is 11.0 Å². The largest absolute Gasteiger partial charge is 0.481 e. The van der Waals surface area contributed by atoms with Crippen molar-refractivity contribution < 1.29 is 19.4 Å². The molecule has 1 N–H and O–H groups in total. The fourth-order valence-electron chi connectivity index (χ4n) is 5.77. The summed E-state index contributed by atoms with van der Waals surface area (Å²) in [4.78, 5) is 31.0. The topological polar surface area (TPSA) is 102 Å². The Bertz CT molecular complexity index is 1310. The fourth-order valence-corrected chi connectivity index (χ4v) is 5.92. The molecule has 3 aromatic rings. The zero-order valence-electron chi connectivity index (χ0n) is 20.9. The lowest BCUT2D eigenvalue weighted by molar-refractivity contribution is -0.150.